The normalized spacial score (nSPS) is 17.9. The van der Waals surface area contributed by atoms with Crippen LogP contribution in [0.25, 0.3) is 6.08 Å². The lowest BCUT2D eigenvalue weighted by Gasteiger charge is -2.27. The molecule has 3 nitrogen and oxygen atoms in total. The topological polar surface area (TPSA) is 35.5 Å². The first kappa shape index (κ1) is 15.1. The summed E-state index contributed by atoms with van der Waals surface area (Å²) in [6.07, 6.45) is -5.81. The Morgan fingerprint density at radius 1 is 1.45 bits per heavy atom. The summed E-state index contributed by atoms with van der Waals surface area (Å²) in [5, 5.41) is 0. The van der Waals surface area contributed by atoms with Crippen LogP contribution in [0.5, 0.6) is 5.75 Å². The lowest BCUT2D eigenvalue weighted by atomic mass is 10.0. The predicted octanol–water partition coefficient (Wildman–Crippen LogP) is 3.56. The van der Waals surface area contributed by atoms with Gasteiger partial charge in [0.25, 0.3) is 0 Å². The molecule has 0 unspecified atom stereocenters. The Hall–Kier alpha value is -1.25. The summed E-state index contributed by atoms with van der Waals surface area (Å²) >= 11 is 1.97. The second-order valence-corrected chi connectivity index (χ2v) is 5.29. The molecule has 1 aromatic carbocycles. The number of halogens is 4. The highest BCUT2D eigenvalue weighted by molar-refractivity contribution is 14.1. The van der Waals surface area contributed by atoms with Crippen LogP contribution in [0, 0.1) is 3.57 Å². The highest BCUT2D eigenvalue weighted by Gasteiger charge is 2.48. The zero-order chi connectivity index (χ0) is 14.9. The van der Waals surface area contributed by atoms with Gasteiger partial charge in [-0.3, -0.25) is 0 Å². The van der Waals surface area contributed by atoms with Crippen LogP contribution >= 0.6 is 22.6 Å². The van der Waals surface area contributed by atoms with Crippen molar-refractivity contribution < 1.29 is 27.4 Å². The number of ether oxygens (including phenoxy) is 2. The van der Waals surface area contributed by atoms with E-state index >= 15 is 0 Å². The molecule has 0 saturated carbocycles. The molecule has 0 fully saturated rings. The molecule has 0 bridgehead atoms. The molecule has 1 aliphatic rings. The number of esters is 1. The van der Waals surface area contributed by atoms with Gasteiger partial charge in [-0.2, -0.15) is 13.2 Å². The van der Waals surface area contributed by atoms with Crippen LogP contribution in [0.4, 0.5) is 13.2 Å². The first-order chi connectivity index (χ1) is 9.32. The van der Waals surface area contributed by atoms with Gasteiger partial charge in [0.1, 0.15) is 5.75 Å². The number of rotatable bonds is 2. The van der Waals surface area contributed by atoms with Gasteiger partial charge in [0.2, 0.25) is 6.10 Å². The Balaban J connectivity index is 2.47. The third-order valence-corrected chi connectivity index (χ3v) is 3.29. The van der Waals surface area contributed by atoms with Crippen LogP contribution in [0.1, 0.15) is 12.5 Å². The first-order valence-corrected chi connectivity index (χ1v) is 6.82. The fourth-order valence-corrected chi connectivity index (χ4v) is 2.25. The number of carbonyl (C=O) groups excluding carboxylic acids is 1. The molecule has 0 aromatic heterocycles. The number of hydrogen-bond acceptors (Lipinski definition) is 3. The molecule has 1 aliphatic heterocycles. The van der Waals surface area contributed by atoms with Crippen molar-refractivity contribution in [1.82, 2.24) is 0 Å². The van der Waals surface area contributed by atoms with Crippen molar-refractivity contribution in [1.29, 1.82) is 0 Å². The molecule has 0 saturated heterocycles. The molecule has 20 heavy (non-hydrogen) atoms. The third kappa shape index (κ3) is 3.08. The van der Waals surface area contributed by atoms with Gasteiger partial charge in [0, 0.05) is 9.13 Å². The minimum atomic E-state index is -4.68. The van der Waals surface area contributed by atoms with Gasteiger partial charge in [0.05, 0.1) is 12.2 Å². The van der Waals surface area contributed by atoms with E-state index < -0.39 is 23.8 Å². The summed E-state index contributed by atoms with van der Waals surface area (Å²) in [7, 11) is 0. The fraction of sp³-hybridized carbons (Fsp3) is 0.308. The number of alkyl halides is 3. The van der Waals surface area contributed by atoms with Crippen molar-refractivity contribution in [3.05, 3.63) is 32.9 Å². The molecule has 1 aromatic rings. The van der Waals surface area contributed by atoms with Gasteiger partial charge in [-0.15, -0.1) is 0 Å². The number of benzene rings is 1. The van der Waals surface area contributed by atoms with Gasteiger partial charge in [-0.1, -0.05) is 6.07 Å². The minimum absolute atomic E-state index is 0.000294. The molecule has 108 valence electrons. The van der Waals surface area contributed by atoms with Crippen LogP contribution in [-0.2, 0) is 9.53 Å². The molecular weight excluding hydrogens is 388 g/mol. The van der Waals surface area contributed by atoms with Crippen molar-refractivity contribution in [2.24, 2.45) is 0 Å². The van der Waals surface area contributed by atoms with E-state index in [1.807, 2.05) is 22.6 Å². The van der Waals surface area contributed by atoms with E-state index in [0.29, 0.717) is 5.56 Å². The lowest BCUT2D eigenvalue weighted by molar-refractivity contribution is -0.187. The monoisotopic (exact) mass is 398 g/mol. The van der Waals surface area contributed by atoms with Crippen LogP contribution < -0.4 is 4.74 Å². The fourth-order valence-electron chi connectivity index (χ4n) is 1.79. The molecule has 2 rings (SSSR count). The molecule has 0 amide bonds. The average Bonchev–Trinajstić information content (AvgIpc) is 2.36. The van der Waals surface area contributed by atoms with E-state index in [9.17, 15) is 18.0 Å². The van der Waals surface area contributed by atoms with Crippen LogP contribution in [0.3, 0.4) is 0 Å². The molecular formula is C13H10F3IO3. The molecule has 0 spiro atoms. The largest absolute Gasteiger partial charge is 0.475 e. The zero-order valence-corrected chi connectivity index (χ0v) is 12.5. The molecule has 0 aliphatic carbocycles. The molecule has 1 heterocycles. The standard InChI is InChI=1S/C13H10F3IO3/c1-2-19-12(18)9-5-7-3-4-8(17)6-10(7)20-11(9)13(14,15)16/h3-6,11H,2H2,1H3/t11-/m1/s1. The van der Waals surface area contributed by atoms with E-state index in [2.05, 4.69) is 4.74 Å². The minimum Gasteiger partial charge on any atom is -0.475 e. The van der Waals surface area contributed by atoms with Gasteiger partial charge >= 0.3 is 12.1 Å². The van der Waals surface area contributed by atoms with Crippen molar-refractivity contribution in [2.45, 2.75) is 19.2 Å². The number of carbonyl (C=O) groups is 1. The first-order valence-electron chi connectivity index (χ1n) is 5.74. The van der Waals surface area contributed by atoms with Crippen LogP contribution in [0.2, 0.25) is 0 Å². The summed E-state index contributed by atoms with van der Waals surface area (Å²) < 4.78 is 49.4. The van der Waals surface area contributed by atoms with Crippen LogP contribution in [-0.4, -0.2) is 24.9 Å². The highest BCUT2D eigenvalue weighted by Crippen LogP contribution is 2.38. The maximum absolute atomic E-state index is 13.0. The van der Waals surface area contributed by atoms with E-state index in [1.165, 1.54) is 19.1 Å². The number of fused-ring (bicyclic) bond motifs is 1. The van der Waals surface area contributed by atoms with Crippen molar-refractivity contribution >= 4 is 34.6 Å². The van der Waals surface area contributed by atoms with Crippen molar-refractivity contribution in [3.63, 3.8) is 0 Å². The van der Waals surface area contributed by atoms with Crippen LogP contribution in [0.15, 0.2) is 23.8 Å². The maximum atomic E-state index is 13.0. The zero-order valence-electron chi connectivity index (χ0n) is 10.3. The lowest BCUT2D eigenvalue weighted by Crippen LogP contribution is -2.40. The Labute approximate surface area is 126 Å². The summed E-state index contributed by atoms with van der Waals surface area (Å²) in [5.41, 5.74) is -0.109. The van der Waals surface area contributed by atoms with Gasteiger partial charge in [0.15, 0.2) is 0 Å². The maximum Gasteiger partial charge on any atom is 0.430 e. The number of hydrogen-bond donors (Lipinski definition) is 0. The van der Waals surface area contributed by atoms with E-state index in [4.69, 9.17) is 4.74 Å². The Kier molecular flexibility index (Phi) is 4.26. The predicted molar refractivity (Wildman–Crippen MR) is 74.2 cm³/mol. The SMILES string of the molecule is CCOC(=O)C1=Cc2ccc(I)cc2O[C@H]1C(F)(F)F. The van der Waals surface area contributed by atoms with Crippen molar-refractivity contribution in [2.75, 3.05) is 6.61 Å². The summed E-state index contributed by atoms with van der Waals surface area (Å²) in [5.74, 6) is -0.911. The quantitative estimate of drug-likeness (QED) is 0.565. The summed E-state index contributed by atoms with van der Waals surface area (Å²) in [6, 6.07) is 4.81. The smallest absolute Gasteiger partial charge is 0.430 e. The second kappa shape index (κ2) is 5.63. The Bertz CT molecular complexity index is 566. The molecule has 0 radical (unpaired) electrons. The molecule has 7 heteroatoms. The van der Waals surface area contributed by atoms with Gasteiger partial charge in [-0.25, -0.2) is 4.79 Å². The van der Waals surface area contributed by atoms with Crippen molar-refractivity contribution in [3.8, 4) is 5.75 Å². The van der Waals surface area contributed by atoms with E-state index in [0.717, 1.165) is 3.57 Å². The van der Waals surface area contributed by atoms with Gasteiger partial charge < -0.3 is 9.47 Å². The van der Waals surface area contributed by atoms with Gasteiger partial charge in [-0.05, 0) is 47.7 Å². The average molecular weight is 398 g/mol. The second-order valence-electron chi connectivity index (χ2n) is 4.04. The summed E-state index contributed by atoms with van der Waals surface area (Å²) in [6.45, 7) is 1.53. The third-order valence-electron chi connectivity index (χ3n) is 2.62. The highest BCUT2D eigenvalue weighted by atomic mass is 127. The Morgan fingerprint density at radius 3 is 2.75 bits per heavy atom. The molecule has 1 atom stereocenters. The Morgan fingerprint density at radius 2 is 2.15 bits per heavy atom. The van der Waals surface area contributed by atoms with E-state index in [1.54, 1.807) is 12.1 Å². The van der Waals surface area contributed by atoms with E-state index in [-0.39, 0.29) is 12.4 Å². The summed E-state index contributed by atoms with van der Waals surface area (Å²) in [4.78, 5) is 11.7. The molecule has 0 N–H and O–H groups in total.